The van der Waals surface area contributed by atoms with E-state index in [1.165, 1.54) is 89.9 Å². The summed E-state index contributed by atoms with van der Waals surface area (Å²) in [6.45, 7) is 2.35. The van der Waals surface area contributed by atoms with Crippen LogP contribution in [-0.2, 0) is 32.7 Å². The zero-order valence-corrected chi connectivity index (χ0v) is 34.6. The van der Waals surface area contributed by atoms with Crippen molar-refractivity contribution in [3.8, 4) is 0 Å². The number of esters is 2. The van der Waals surface area contributed by atoms with Crippen molar-refractivity contribution in [2.24, 2.45) is 0 Å². The number of allylic oxidation sites excluding steroid dienone is 4. The summed E-state index contributed by atoms with van der Waals surface area (Å²) >= 11 is 0. The van der Waals surface area contributed by atoms with Gasteiger partial charge in [-0.15, -0.1) is 0 Å². The van der Waals surface area contributed by atoms with E-state index >= 15 is 0 Å². The molecule has 10 nitrogen and oxygen atoms in total. The first-order chi connectivity index (χ1) is 25.7. The van der Waals surface area contributed by atoms with E-state index in [0.717, 1.165) is 64.2 Å². The number of hydrogen-bond acceptors (Lipinski definition) is 9. The summed E-state index contributed by atoms with van der Waals surface area (Å²) in [6, 6.07) is 0. The highest BCUT2D eigenvalue weighted by Crippen LogP contribution is 2.43. The number of aliphatic hydroxyl groups excluding tert-OH is 2. The van der Waals surface area contributed by atoms with Crippen molar-refractivity contribution in [1.29, 1.82) is 0 Å². The molecular weight excluding hydrogens is 695 g/mol. The minimum Gasteiger partial charge on any atom is -0.462 e. The van der Waals surface area contributed by atoms with Gasteiger partial charge in [0.15, 0.2) is 6.10 Å². The molecule has 0 aliphatic heterocycles. The van der Waals surface area contributed by atoms with Gasteiger partial charge in [-0.3, -0.25) is 18.6 Å². The predicted octanol–water partition coefficient (Wildman–Crippen LogP) is 11.0. The second kappa shape index (κ2) is 38.7. The number of phosphoric acid groups is 1. The van der Waals surface area contributed by atoms with Crippen molar-refractivity contribution < 1.29 is 47.8 Å². The maximum absolute atomic E-state index is 12.6. The van der Waals surface area contributed by atoms with Crippen LogP contribution in [0.5, 0.6) is 0 Å². The van der Waals surface area contributed by atoms with Crippen LogP contribution in [0.4, 0.5) is 0 Å². The molecule has 0 aromatic heterocycles. The van der Waals surface area contributed by atoms with E-state index in [1.54, 1.807) is 0 Å². The van der Waals surface area contributed by atoms with Crippen LogP contribution >= 0.6 is 7.82 Å². The van der Waals surface area contributed by atoms with Crippen LogP contribution in [0.3, 0.4) is 0 Å². The fraction of sp³-hybridized carbons (Fsp3) is 0.857. The van der Waals surface area contributed by atoms with Crippen LogP contribution in [0, 0.1) is 0 Å². The highest BCUT2D eigenvalue weighted by molar-refractivity contribution is 7.47. The Morgan fingerprint density at radius 1 is 0.547 bits per heavy atom. The van der Waals surface area contributed by atoms with Crippen LogP contribution < -0.4 is 0 Å². The highest BCUT2D eigenvalue weighted by Gasteiger charge is 2.27. The molecule has 0 radical (unpaired) electrons. The monoisotopic (exact) mass is 775 g/mol. The van der Waals surface area contributed by atoms with E-state index in [4.69, 9.17) is 19.1 Å². The number of carbonyl (C=O) groups is 2. The van der Waals surface area contributed by atoms with Crippen molar-refractivity contribution in [2.75, 3.05) is 26.4 Å². The fourth-order valence-corrected chi connectivity index (χ4v) is 6.54. The predicted molar refractivity (Wildman–Crippen MR) is 215 cm³/mol. The largest absolute Gasteiger partial charge is 0.472 e. The number of phosphoric ester groups is 1. The van der Waals surface area contributed by atoms with Gasteiger partial charge >= 0.3 is 19.8 Å². The Morgan fingerprint density at radius 2 is 0.925 bits per heavy atom. The molecule has 0 aromatic rings. The van der Waals surface area contributed by atoms with Gasteiger partial charge in [0.05, 0.1) is 19.8 Å². The molecule has 0 heterocycles. The number of ether oxygens (including phenoxy) is 2. The molecule has 11 heteroatoms. The molecule has 0 bridgehead atoms. The van der Waals surface area contributed by atoms with E-state index in [2.05, 4.69) is 42.7 Å². The molecule has 0 saturated carbocycles. The first kappa shape index (κ1) is 51.5. The van der Waals surface area contributed by atoms with Crippen LogP contribution in [0.1, 0.15) is 194 Å². The minimum absolute atomic E-state index is 0.175. The smallest absolute Gasteiger partial charge is 0.462 e. The number of carbonyl (C=O) groups excluding carboxylic acids is 2. The van der Waals surface area contributed by atoms with Gasteiger partial charge in [-0.25, -0.2) is 4.57 Å². The quantitative estimate of drug-likeness (QED) is 0.0238. The Hall–Kier alpha value is -1.55. The zero-order valence-electron chi connectivity index (χ0n) is 33.7. The molecular formula is C42H79O10P. The van der Waals surface area contributed by atoms with Crippen molar-refractivity contribution in [3.05, 3.63) is 24.3 Å². The minimum atomic E-state index is -4.61. The van der Waals surface area contributed by atoms with E-state index < -0.39 is 51.8 Å². The lowest BCUT2D eigenvalue weighted by Gasteiger charge is -2.20. The molecule has 0 aliphatic rings. The Kier molecular flexibility index (Phi) is 37.6. The van der Waals surface area contributed by atoms with Crippen LogP contribution in [-0.4, -0.2) is 65.7 Å². The van der Waals surface area contributed by atoms with E-state index in [-0.39, 0.29) is 19.4 Å². The van der Waals surface area contributed by atoms with Gasteiger partial charge in [-0.2, -0.15) is 0 Å². The molecule has 0 saturated heterocycles. The molecule has 0 rings (SSSR count). The summed E-state index contributed by atoms with van der Waals surface area (Å²) in [4.78, 5) is 34.9. The molecule has 53 heavy (non-hydrogen) atoms. The Morgan fingerprint density at radius 3 is 1.38 bits per heavy atom. The lowest BCUT2D eigenvalue weighted by atomic mass is 10.1. The van der Waals surface area contributed by atoms with Gasteiger partial charge in [-0.1, -0.05) is 141 Å². The second-order valence-electron chi connectivity index (χ2n) is 14.4. The number of aliphatic hydroxyl groups is 2. The average Bonchev–Trinajstić information content (AvgIpc) is 3.14. The van der Waals surface area contributed by atoms with Crippen molar-refractivity contribution >= 4 is 19.8 Å². The number of hydrogen-bond donors (Lipinski definition) is 3. The Balaban J connectivity index is 4.29. The molecule has 0 fully saturated rings. The summed E-state index contributed by atoms with van der Waals surface area (Å²) in [5, 5.41) is 18.3. The van der Waals surface area contributed by atoms with Crippen LogP contribution in [0.25, 0.3) is 0 Å². The topological polar surface area (TPSA) is 149 Å². The van der Waals surface area contributed by atoms with E-state index in [9.17, 15) is 24.2 Å². The van der Waals surface area contributed by atoms with Gasteiger partial charge in [-0.05, 0) is 64.2 Å². The lowest BCUT2D eigenvalue weighted by Crippen LogP contribution is -2.29. The molecule has 0 aromatic carbocycles. The fourth-order valence-electron chi connectivity index (χ4n) is 5.75. The van der Waals surface area contributed by atoms with E-state index in [1.807, 2.05) is 0 Å². The number of unbranched alkanes of at least 4 members (excludes halogenated alkanes) is 22. The average molecular weight is 775 g/mol. The first-order valence-corrected chi connectivity index (χ1v) is 22.8. The Labute approximate surface area is 323 Å². The van der Waals surface area contributed by atoms with Crippen LogP contribution in [0.2, 0.25) is 0 Å². The lowest BCUT2D eigenvalue weighted by molar-refractivity contribution is -0.161. The van der Waals surface area contributed by atoms with Gasteiger partial charge in [0.1, 0.15) is 12.7 Å². The van der Waals surface area contributed by atoms with Gasteiger partial charge in [0.25, 0.3) is 0 Å². The standard InChI is InChI=1S/C42H79O10P/c1-3-5-7-9-11-13-15-17-18-19-20-22-23-25-27-29-31-33-41(45)49-37-40(38-51-53(47,48)50-36-39(44)35-43)52-42(46)34-32-30-28-26-24-21-16-14-12-10-8-6-4-2/h14,16-18,39-40,43-44H,3-13,15,19-38H2,1-2H3,(H,47,48)/b16-14+,18-17+/t39-,40+/m0/s1. The SMILES string of the molecule is CCCCCC/C=C/CCCCCCCC(=O)O[C@H](COC(=O)CCCCCCCCC/C=C/CCCCCCCC)COP(=O)(O)OC[C@@H](O)CO. The third kappa shape index (κ3) is 38.5. The summed E-state index contributed by atoms with van der Waals surface area (Å²) in [7, 11) is -4.61. The van der Waals surface area contributed by atoms with Crippen molar-refractivity contribution in [3.63, 3.8) is 0 Å². The molecule has 3 atom stereocenters. The second-order valence-corrected chi connectivity index (χ2v) is 15.8. The first-order valence-electron chi connectivity index (χ1n) is 21.3. The normalized spacial score (nSPS) is 14.1. The van der Waals surface area contributed by atoms with Gasteiger partial charge < -0.3 is 24.6 Å². The van der Waals surface area contributed by atoms with Crippen molar-refractivity contribution in [2.45, 2.75) is 206 Å². The summed E-state index contributed by atoms with van der Waals surface area (Å²) < 4.78 is 32.7. The molecule has 0 aliphatic carbocycles. The van der Waals surface area contributed by atoms with Gasteiger partial charge in [0.2, 0.25) is 0 Å². The number of rotatable bonds is 40. The third-order valence-electron chi connectivity index (χ3n) is 9.08. The third-order valence-corrected chi connectivity index (χ3v) is 10.0. The summed E-state index contributed by atoms with van der Waals surface area (Å²) in [5.41, 5.74) is 0. The van der Waals surface area contributed by atoms with Crippen molar-refractivity contribution in [1.82, 2.24) is 0 Å². The molecule has 3 N–H and O–H groups in total. The highest BCUT2D eigenvalue weighted by atomic mass is 31.2. The van der Waals surface area contributed by atoms with E-state index in [0.29, 0.717) is 12.8 Å². The molecule has 312 valence electrons. The summed E-state index contributed by atoms with van der Waals surface area (Å²) in [5.74, 6) is -0.936. The summed E-state index contributed by atoms with van der Waals surface area (Å²) in [6.07, 6.45) is 37.1. The molecule has 0 amide bonds. The maximum atomic E-state index is 12.6. The molecule has 1 unspecified atom stereocenters. The Bertz CT molecular complexity index is 941. The zero-order chi connectivity index (χ0) is 39.1. The van der Waals surface area contributed by atoms with Gasteiger partial charge in [0, 0.05) is 12.8 Å². The maximum Gasteiger partial charge on any atom is 0.472 e. The molecule has 0 spiro atoms. The van der Waals surface area contributed by atoms with Crippen LogP contribution in [0.15, 0.2) is 24.3 Å².